The van der Waals surface area contributed by atoms with Gasteiger partial charge in [0.1, 0.15) is 6.61 Å². The number of carbonyl (C=O) groups is 1. The smallest absolute Gasteiger partial charge is 0.293 e. The number of rotatable bonds is 3. The van der Waals surface area contributed by atoms with Gasteiger partial charge in [-0.1, -0.05) is 24.3 Å². The summed E-state index contributed by atoms with van der Waals surface area (Å²) in [6.45, 7) is 0.113. The maximum atomic E-state index is 10.2. The molecule has 1 aromatic carbocycles. The van der Waals surface area contributed by atoms with E-state index in [1.54, 1.807) is 0 Å². The minimum atomic E-state index is -1.02. The molecule has 0 amide bonds. The fourth-order valence-electron chi connectivity index (χ4n) is 0.812. The van der Waals surface area contributed by atoms with Crippen LogP contribution in [-0.2, 0) is 46.4 Å². The van der Waals surface area contributed by atoms with Crippen LogP contribution >= 0.6 is 10.8 Å². The molecule has 2 nitrogen and oxygen atoms in total. The second-order valence-electron chi connectivity index (χ2n) is 2.06. The van der Waals surface area contributed by atoms with Gasteiger partial charge in [0.05, 0.1) is 0 Å². The summed E-state index contributed by atoms with van der Waals surface area (Å²) in [5.41, 5.74) is 0.836. The molecule has 0 aliphatic carbocycles. The van der Waals surface area contributed by atoms with Gasteiger partial charge in [-0.15, -0.1) is 0 Å². The molecule has 1 radical (unpaired) electrons. The van der Waals surface area contributed by atoms with Gasteiger partial charge in [-0.2, -0.15) is 0 Å². The average Bonchev–Trinajstić information content (AvgIpc) is 2.15. The molecule has 0 atom stereocenters. The Kier molecular flexibility index (Phi) is 6.28. The minimum absolute atomic E-state index is 0. The van der Waals surface area contributed by atoms with Crippen LogP contribution in [0.25, 0.3) is 0 Å². The van der Waals surface area contributed by atoms with Crippen molar-refractivity contribution in [1.29, 1.82) is 0 Å². The normalized spacial score (nSPS) is 9.77. The standard InChI is InChI=1S/C8H8O2S2.V/c9-6-10-5-7-3-1-2-4-8(7)12-11;/h1-4,6,11H,5H2;/p-1/i6D;. The van der Waals surface area contributed by atoms with Crippen molar-refractivity contribution in [3.63, 3.8) is 0 Å². The van der Waals surface area contributed by atoms with Crippen LogP contribution in [0.1, 0.15) is 6.93 Å². The Morgan fingerprint density at radius 3 is 2.92 bits per heavy atom. The Labute approximate surface area is 99.5 Å². The number of ether oxygens (including phenoxy) is 1. The van der Waals surface area contributed by atoms with E-state index in [9.17, 15) is 4.79 Å². The van der Waals surface area contributed by atoms with E-state index in [1.165, 1.54) is 10.8 Å². The van der Waals surface area contributed by atoms with Crippen LogP contribution in [0.4, 0.5) is 0 Å². The van der Waals surface area contributed by atoms with Crippen molar-refractivity contribution in [3.05, 3.63) is 29.8 Å². The summed E-state index contributed by atoms with van der Waals surface area (Å²) in [5, 5.41) is 0. The Morgan fingerprint density at radius 1 is 1.62 bits per heavy atom. The van der Waals surface area contributed by atoms with Gasteiger partial charge in [-0.25, -0.2) is 0 Å². The summed E-state index contributed by atoms with van der Waals surface area (Å²) in [7, 11) is 1.18. The zero-order chi connectivity index (χ0) is 9.68. The van der Waals surface area contributed by atoms with Gasteiger partial charge in [-0.3, -0.25) is 15.6 Å². The zero-order valence-electron chi connectivity index (χ0n) is 7.60. The first-order valence-electron chi connectivity index (χ1n) is 3.75. The number of benzene rings is 1. The molecule has 5 heteroatoms. The van der Waals surface area contributed by atoms with Crippen LogP contribution in [0.15, 0.2) is 29.2 Å². The van der Waals surface area contributed by atoms with Crippen LogP contribution in [0.3, 0.4) is 0 Å². The first-order valence-corrected chi connectivity index (χ1v) is 4.99. The molecule has 13 heavy (non-hydrogen) atoms. The predicted octanol–water partition coefficient (Wildman–Crippen LogP) is 1.91. The van der Waals surface area contributed by atoms with E-state index in [0.717, 1.165) is 10.5 Å². The van der Waals surface area contributed by atoms with E-state index < -0.39 is 6.45 Å². The molecule has 0 fully saturated rings. The summed E-state index contributed by atoms with van der Waals surface area (Å²) < 4.78 is 11.1. The fraction of sp³-hybridized carbons (Fsp3) is 0.125. The summed E-state index contributed by atoms with van der Waals surface area (Å²) in [4.78, 5) is 11.1. The Morgan fingerprint density at radius 2 is 2.31 bits per heavy atom. The number of hydrogen-bond acceptors (Lipinski definition) is 4. The van der Waals surface area contributed by atoms with Crippen LogP contribution in [-0.4, -0.2) is 6.45 Å². The molecule has 0 spiro atoms. The molecule has 1 rings (SSSR count). The first-order chi connectivity index (χ1) is 6.24. The van der Waals surface area contributed by atoms with Gasteiger partial charge in [0.25, 0.3) is 6.45 Å². The summed E-state index contributed by atoms with van der Waals surface area (Å²) in [6.07, 6.45) is -1.02. The van der Waals surface area contributed by atoms with Crippen LogP contribution in [0.5, 0.6) is 0 Å². The van der Waals surface area contributed by atoms with Crippen molar-refractivity contribution in [2.45, 2.75) is 11.5 Å². The van der Waals surface area contributed by atoms with Gasteiger partial charge in [-0.05, 0) is 4.90 Å². The molecule has 0 N–H and O–H groups in total. The largest absolute Gasteiger partial charge is 0.714 e. The topological polar surface area (TPSA) is 26.3 Å². The predicted molar refractivity (Wildman–Crippen MR) is 50.5 cm³/mol. The molecule has 0 unspecified atom stereocenters. The van der Waals surface area contributed by atoms with E-state index in [0.29, 0.717) is 0 Å². The number of hydrogen-bond donors (Lipinski definition) is 0. The van der Waals surface area contributed by atoms with Gasteiger partial charge >= 0.3 is 0 Å². The van der Waals surface area contributed by atoms with Gasteiger partial charge in [0.15, 0.2) is 1.37 Å². The summed E-state index contributed by atoms with van der Waals surface area (Å²) in [5.74, 6) is 0. The molecule has 1 aromatic rings. The molecule has 69 valence electrons. The third-order valence-electron chi connectivity index (χ3n) is 1.35. The third kappa shape index (κ3) is 4.13. The van der Waals surface area contributed by atoms with E-state index in [2.05, 4.69) is 4.74 Å². The average molecular weight is 251 g/mol. The van der Waals surface area contributed by atoms with Crippen molar-refractivity contribution < 1.29 is 29.5 Å². The van der Waals surface area contributed by atoms with Gasteiger partial charge in [0, 0.05) is 24.1 Å². The van der Waals surface area contributed by atoms with E-state index >= 15 is 0 Å². The Bertz CT molecular complexity index is 309. The van der Waals surface area contributed by atoms with Crippen molar-refractivity contribution in [2.24, 2.45) is 0 Å². The molecule has 0 aliphatic heterocycles. The molecular formula is C8H7O2S2V-. The van der Waals surface area contributed by atoms with E-state index in [-0.39, 0.29) is 25.2 Å². The van der Waals surface area contributed by atoms with Gasteiger partial charge < -0.3 is 16.4 Å². The van der Waals surface area contributed by atoms with E-state index in [1.807, 2.05) is 24.3 Å². The van der Waals surface area contributed by atoms with Gasteiger partial charge in [0.2, 0.25) is 0 Å². The van der Waals surface area contributed by atoms with E-state index in [4.69, 9.17) is 13.0 Å². The second-order valence-corrected chi connectivity index (χ2v) is 3.17. The fourth-order valence-corrected chi connectivity index (χ4v) is 1.67. The summed E-state index contributed by atoms with van der Waals surface area (Å²) >= 11 is 4.82. The van der Waals surface area contributed by atoms with Crippen LogP contribution < -0.4 is 0 Å². The van der Waals surface area contributed by atoms with Crippen LogP contribution in [0, 0.1) is 0 Å². The molecule has 0 heterocycles. The minimum Gasteiger partial charge on any atom is -0.714 e. The Hall–Kier alpha value is -0.0256. The molecule has 0 saturated heterocycles. The maximum absolute atomic E-state index is 10.2. The first kappa shape index (κ1) is 11.1. The van der Waals surface area contributed by atoms with Crippen molar-refractivity contribution in [2.75, 3.05) is 0 Å². The van der Waals surface area contributed by atoms with Crippen LogP contribution in [0.2, 0.25) is 0 Å². The quantitative estimate of drug-likeness (QED) is 0.465. The van der Waals surface area contributed by atoms with Crippen molar-refractivity contribution >= 4 is 28.9 Å². The molecular weight excluding hydrogens is 243 g/mol. The second kappa shape index (κ2) is 7.38. The van der Waals surface area contributed by atoms with Crippen molar-refractivity contribution in [1.82, 2.24) is 0 Å². The Balaban J connectivity index is 0.00000169. The SMILES string of the molecule is [2H]C(=O)OCc1ccccc1S[S-].[V]. The molecule has 0 aliphatic rings. The molecule has 0 bridgehead atoms. The zero-order valence-corrected chi connectivity index (χ0v) is 9.63. The maximum Gasteiger partial charge on any atom is 0.293 e. The third-order valence-corrected chi connectivity index (χ3v) is 2.47. The monoisotopic (exact) mass is 251 g/mol. The molecule has 0 saturated carbocycles. The van der Waals surface area contributed by atoms with Crippen molar-refractivity contribution in [3.8, 4) is 0 Å². The number of carbonyl (C=O) groups excluding carboxylic acids is 1. The summed E-state index contributed by atoms with van der Waals surface area (Å²) in [6, 6.07) is 7.37. The molecule has 0 aromatic heterocycles.